The molecule has 1 amide bonds. The minimum absolute atomic E-state index is 0.162. The van der Waals surface area contributed by atoms with Crippen LogP contribution in [0.15, 0.2) is 24.5 Å². The molecule has 0 bridgehead atoms. The fraction of sp³-hybridized carbons (Fsp3) is 0.250. The lowest BCUT2D eigenvalue weighted by Crippen LogP contribution is -2.27. The van der Waals surface area contributed by atoms with E-state index in [2.05, 4.69) is 20.5 Å². The Labute approximate surface area is 105 Å². The SMILES string of the molecule is Cc1cccc(N)c1C(=O)NCCc1ncn[nH]1. The van der Waals surface area contributed by atoms with Crippen molar-refractivity contribution in [2.45, 2.75) is 13.3 Å². The number of H-pyrrole nitrogens is 1. The van der Waals surface area contributed by atoms with E-state index in [0.29, 0.717) is 24.2 Å². The Morgan fingerprint density at radius 2 is 2.33 bits per heavy atom. The zero-order valence-corrected chi connectivity index (χ0v) is 10.1. The molecule has 0 atom stereocenters. The standard InChI is InChI=1S/C12H15N5O/c1-8-3-2-4-9(13)11(8)12(18)14-6-5-10-15-7-16-17-10/h2-4,7H,5-6,13H2,1H3,(H,14,18)(H,15,16,17). The molecule has 18 heavy (non-hydrogen) atoms. The van der Waals surface area contributed by atoms with Gasteiger partial charge in [-0.3, -0.25) is 9.89 Å². The molecular weight excluding hydrogens is 230 g/mol. The van der Waals surface area contributed by atoms with Crippen LogP contribution in [0.25, 0.3) is 0 Å². The van der Waals surface area contributed by atoms with Crippen LogP contribution >= 0.6 is 0 Å². The highest BCUT2D eigenvalue weighted by atomic mass is 16.1. The lowest BCUT2D eigenvalue weighted by molar-refractivity contribution is 0.0954. The molecule has 94 valence electrons. The predicted molar refractivity (Wildman–Crippen MR) is 68.0 cm³/mol. The van der Waals surface area contributed by atoms with E-state index in [0.717, 1.165) is 11.4 Å². The lowest BCUT2D eigenvalue weighted by atomic mass is 10.1. The molecule has 0 aliphatic rings. The first-order chi connectivity index (χ1) is 8.68. The molecule has 4 N–H and O–H groups in total. The quantitative estimate of drug-likeness (QED) is 0.689. The van der Waals surface area contributed by atoms with Crippen molar-refractivity contribution in [3.63, 3.8) is 0 Å². The van der Waals surface area contributed by atoms with Gasteiger partial charge in [0.25, 0.3) is 5.91 Å². The molecule has 0 fully saturated rings. The molecule has 2 aromatic rings. The zero-order chi connectivity index (χ0) is 13.0. The first-order valence-electron chi connectivity index (χ1n) is 5.66. The van der Waals surface area contributed by atoms with Crippen LogP contribution in [0.4, 0.5) is 5.69 Å². The van der Waals surface area contributed by atoms with Gasteiger partial charge < -0.3 is 11.1 Å². The molecule has 0 saturated heterocycles. The molecule has 1 aromatic carbocycles. The highest BCUT2D eigenvalue weighted by Gasteiger charge is 2.11. The predicted octanol–water partition coefficient (Wildman–Crippen LogP) is 0.668. The van der Waals surface area contributed by atoms with E-state index < -0.39 is 0 Å². The molecule has 0 saturated carbocycles. The number of amides is 1. The second kappa shape index (κ2) is 5.31. The van der Waals surface area contributed by atoms with Crippen LogP contribution in [0.3, 0.4) is 0 Å². The van der Waals surface area contributed by atoms with Crippen molar-refractivity contribution in [1.82, 2.24) is 20.5 Å². The second-order valence-corrected chi connectivity index (χ2v) is 3.98. The summed E-state index contributed by atoms with van der Waals surface area (Å²) in [6, 6.07) is 5.41. The molecule has 6 heteroatoms. The Bertz CT molecular complexity index is 515. The van der Waals surface area contributed by atoms with E-state index >= 15 is 0 Å². The summed E-state index contributed by atoms with van der Waals surface area (Å²) in [7, 11) is 0. The number of benzene rings is 1. The number of nitrogens with zero attached hydrogens (tertiary/aromatic N) is 2. The van der Waals surface area contributed by atoms with Crippen molar-refractivity contribution >= 4 is 11.6 Å². The smallest absolute Gasteiger partial charge is 0.253 e. The Kier molecular flexibility index (Phi) is 3.57. The average Bonchev–Trinajstić information content (AvgIpc) is 2.82. The molecular formula is C12H15N5O. The highest BCUT2D eigenvalue weighted by molar-refractivity contribution is 6.00. The van der Waals surface area contributed by atoms with E-state index in [1.165, 1.54) is 6.33 Å². The number of carbonyl (C=O) groups excluding carboxylic acids is 1. The first kappa shape index (κ1) is 12.1. The summed E-state index contributed by atoms with van der Waals surface area (Å²) in [6.45, 7) is 2.35. The minimum Gasteiger partial charge on any atom is -0.398 e. The van der Waals surface area contributed by atoms with Gasteiger partial charge >= 0.3 is 0 Å². The van der Waals surface area contributed by atoms with Crippen LogP contribution in [-0.4, -0.2) is 27.6 Å². The van der Waals surface area contributed by atoms with Crippen LogP contribution in [-0.2, 0) is 6.42 Å². The third kappa shape index (κ3) is 2.65. The van der Waals surface area contributed by atoms with Gasteiger partial charge in [0.05, 0.1) is 5.56 Å². The molecule has 0 spiro atoms. The third-order valence-electron chi connectivity index (χ3n) is 2.64. The molecule has 0 radical (unpaired) electrons. The maximum atomic E-state index is 12.0. The van der Waals surface area contributed by atoms with Crippen LogP contribution < -0.4 is 11.1 Å². The van der Waals surface area contributed by atoms with E-state index in [-0.39, 0.29) is 5.91 Å². The maximum Gasteiger partial charge on any atom is 0.253 e. The van der Waals surface area contributed by atoms with Gasteiger partial charge in [-0.25, -0.2) is 4.98 Å². The molecule has 2 rings (SSSR count). The number of aromatic nitrogens is 3. The Hall–Kier alpha value is -2.37. The van der Waals surface area contributed by atoms with E-state index in [9.17, 15) is 4.79 Å². The van der Waals surface area contributed by atoms with Gasteiger partial charge in [-0.15, -0.1) is 0 Å². The first-order valence-corrected chi connectivity index (χ1v) is 5.66. The molecule has 0 unspecified atom stereocenters. The van der Waals surface area contributed by atoms with Gasteiger partial charge in [0.1, 0.15) is 12.2 Å². The van der Waals surface area contributed by atoms with Gasteiger partial charge in [-0.1, -0.05) is 12.1 Å². The summed E-state index contributed by atoms with van der Waals surface area (Å²) in [5.74, 6) is 0.582. The van der Waals surface area contributed by atoms with E-state index in [4.69, 9.17) is 5.73 Å². The van der Waals surface area contributed by atoms with Crippen molar-refractivity contribution in [3.8, 4) is 0 Å². The topological polar surface area (TPSA) is 96.7 Å². The Morgan fingerprint density at radius 1 is 1.50 bits per heavy atom. The summed E-state index contributed by atoms with van der Waals surface area (Å²) in [6.07, 6.45) is 2.05. The Balaban J connectivity index is 1.96. The van der Waals surface area contributed by atoms with Crippen molar-refractivity contribution in [3.05, 3.63) is 41.5 Å². The molecule has 1 aromatic heterocycles. The number of aryl methyl sites for hydroxylation is 1. The number of aromatic amines is 1. The van der Waals surface area contributed by atoms with Crippen molar-refractivity contribution in [2.24, 2.45) is 0 Å². The van der Waals surface area contributed by atoms with Crippen LogP contribution in [0.2, 0.25) is 0 Å². The van der Waals surface area contributed by atoms with Gasteiger partial charge in [0.2, 0.25) is 0 Å². The normalized spacial score (nSPS) is 10.3. The zero-order valence-electron chi connectivity index (χ0n) is 10.1. The number of hydrogen-bond donors (Lipinski definition) is 3. The number of nitrogens with two attached hydrogens (primary N) is 1. The van der Waals surface area contributed by atoms with Gasteiger partial charge in [0.15, 0.2) is 0 Å². The van der Waals surface area contributed by atoms with Gasteiger partial charge in [0, 0.05) is 18.7 Å². The number of carbonyl (C=O) groups is 1. The number of nitrogens with one attached hydrogen (secondary N) is 2. The molecule has 0 aliphatic heterocycles. The van der Waals surface area contributed by atoms with Gasteiger partial charge in [-0.2, -0.15) is 5.10 Å². The van der Waals surface area contributed by atoms with Gasteiger partial charge in [-0.05, 0) is 18.6 Å². The minimum atomic E-state index is -0.162. The third-order valence-corrected chi connectivity index (χ3v) is 2.64. The van der Waals surface area contributed by atoms with Crippen LogP contribution in [0.1, 0.15) is 21.7 Å². The van der Waals surface area contributed by atoms with Crippen molar-refractivity contribution < 1.29 is 4.79 Å². The van der Waals surface area contributed by atoms with E-state index in [1.807, 2.05) is 19.1 Å². The molecule has 6 nitrogen and oxygen atoms in total. The van der Waals surface area contributed by atoms with E-state index in [1.54, 1.807) is 6.07 Å². The van der Waals surface area contributed by atoms with Crippen molar-refractivity contribution in [1.29, 1.82) is 0 Å². The largest absolute Gasteiger partial charge is 0.398 e. The maximum absolute atomic E-state index is 12.0. The fourth-order valence-electron chi connectivity index (χ4n) is 1.73. The summed E-state index contributed by atoms with van der Waals surface area (Å²) in [5.41, 5.74) is 7.70. The van der Waals surface area contributed by atoms with Crippen LogP contribution in [0.5, 0.6) is 0 Å². The lowest BCUT2D eigenvalue weighted by Gasteiger charge is -2.09. The monoisotopic (exact) mass is 245 g/mol. The summed E-state index contributed by atoms with van der Waals surface area (Å²) < 4.78 is 0. The number of anilines is 1. The summed E-state index contributed by atoms with van der Waals surface area (Å²) in [5, 5.41) is 9.29. The van der Waals surface area contributed by atoms with Crippen molar-refractivity contribution in [2.75, 3.05) is 12.3 Å². The molecule has 0 aliphatic carbocycles. The van der Waals surface area contributed by atoms with Crippen LogP contribution in [0, 0.1) is 6.92 Å². The number of nitrogen functional groups attached to an aromatic ring is 1. The summed E-state index contributed by atoms with van der Waals surface area (Å²) >= 11 is 0. The summed E-state index contributed by atoms with van der Waals surface area (Å²) in [4.78, 5) is 16.0. The second-order valence-electron chi connectivity index (χ2n) is 3.98. The number of hydrogen-bond acceptors (Lipinski definition) is 4. The average molecular weight is 245 g/mol. The molecule has 1 heterocycles. The highest BCUT2D eigenvalue weighted by Crippen LogP contribution is 2.15. The number of rotatable bonds is 4. The fourth-order valence-corrected chi connectivity index (χ4v) is 1.73. The Morgan fingerprint density at radius 3 is 3.00 bits per heavy atom.